The maximum atomic E-state index is 12.5. The fourth-order valence-electron chi connectivity index (χ4n) is 2.14. The van der Waals surface area contributed by atoms with Crippen LogP contribution in [-0.2, 0) is 10.0 Å². The van der Waals surface area contributed by atoms with Crippen LogP contribution in [0.3, 0.4) is 0 Å². The molecule has 0 bridgehead atoms. The fourth-order valence-corrected chi connectivity index (χ4v) is 4.11. The van der Waals surface area contributed by atoms with Crippen LogP contribution in [0.2, 0.25) is 0 Å². The molecule has 2 aromatic rings. The summed E-state index contributed by atoms with van der Waals surface area (Å²) in [6.45, 7) is 4.98. The Bertz CT molecular complexity index is 764. The topological polar surface area (TPSA) is 64.6 Å². The van der Waals surface area contributed by atoms with Gasteiger partial charge in [-0.25, -0.2) is 13.1 Å². The summed E-state index contributed by atoms with van der Waals surface area (Å²) in [5.74, 6) is 1.63. The molecule has 0 fully saturated rings. The Hall–Kier alpha value is -1.70. The first-order chi connectivity index (χ1) is 12.1. The second-order valence-electron chi connectivity index (χ2n) is 5.03. The molecule has 0 spiro atoms. The van der Waals surface area contributed by atoms with E-state index in [1.54, 1.807) is 17.8 Å². The lowest BCUT2D eigenvalue weighted by molar-refractivity contribution is 0.287. The monoisotopic (exact) mass is 381 g/mol. The molecule has 0 aliphatic rings. The van der Waals surface area contributed by atoms with Crippen LogP contribution in [0, 0.1) is 0 Å². The Labute approximate surface area is 153 Å². The first kappa shape index (κ1) is 19.6. The van der Waals surface area contributed by atoms with Gasteiger partial charge in [-0.3, -0.25) is 0 Å². The van der Waals surface area contributed by atoms with Crippen LogP contribution in [0.1, 0.15) is 13.8 Å². The number of ether oxygens (including phenoxy) is 2. The lowest BCUT2D eigenvalue weighted by atomic mass is 10.3. The minimum atomic E-state index is -3.59. The molecule has 2 aromatic carbocycles. The molecule has 136 valence electrons. The number of benzene rings is 2. The standard InChI is InChI=1S/C18H23NO4S2/c1-3-22-17-11-10-16(14-18(17)23-4-2)25(20,21)19-12-13-24-15-8-6-5-7-9-15/h5-11,14,19H,3-4,12-13H2,1-2H3. The van der Waals surface area contributed by atoms with Crippen molar-refractivity contribution in [3.63, 3.8) is 0 Å². The quantitative estimate of drug-likeness (QED) is 0.504. The van der Waals surface area contributed by atoms with Crippen LogP contribution in [0.4, 0.5) is 0 Å². The van der Waals surface area contributed by atoms with Crippen LogP contribution in [0.15, 0.2) is 58.3 Å². The van der Waals surface area contributed by atoms with E-state index in [0.29, 0.717) is 37.0 Å². The van der Waals surface area contributed by atoms with Crippen LogP contribution in [0.25, 0.3) is 0 Å². The maximum Gasteiger partial charge on any atom is 0.240 e. The number of sulfonamides is 1. The Kier molecular flexibility index (Phi) is 7.61. The highest BCUT2D eigenvalue weighted by Crippen LogP contribution is 2.30. The van der Waals surface area contributed by atoms with Crippen molar-refractivity contribution in [2.45, 2.75) is 23.6 Å². The zero-order valence-corrected chi connectivity index (χ0v) is 16.0. The molecule has 0 atom stereocenters. The molecular weight excluding hydrogens is 358 g/mol. The lowest BCUT2D eigenvalue weighted by Gasteiger charge is -2.13. The number of hydrogen-bond acceptors (Lipinski definition) is 5. The highest BCUT2D eigenvalue weighted by molar-refractivity contribution is 7.99. The van der Waals surface area contributed by atoms with Gasteiger partial charge >= 0.3 is 0 Å². The summed E-state index contributed by atoms with van der Waals surface area (Å²) in [5.41, 5.74) is 0. The summed E-state index contributed by atoms with van der Waals surface area (Å²) >= 11 is 1.60. The van der Waals surface area contributed by atoms with E-state index in [2.05, 4.69) is 4.72 Å². The van der Waals surface area contributed by atoms with E-state index in [-0.39, 0.29) is 4.90 Å². The Morgan fingerprint density at radius 1 is 0.960 bits per heavy atom. The predicted octanol–water partition coefficient (Wildman–Crippen LogP) is 3.55. The molecule has 0 amide bonds. The molecule has 0 radical (unpaired) electrons. The van der Waals surface area contributed by atoms with E-state index in [9.17, 15) is 8.42 Å². The molecular formula is C18H23NO4S2. The average Bonchev–Trinajstić information content (AvgIpc) is 2.61. The molecule has 0 unspecified atom stereocenters. The molecule has 7 heteroatoms. The molecule has 5 nitrogen and oxygen atoms in total. The zero-order chi connectivity index (χ0) is 18.1. The SMILES string of the molecule is CCOc1ccc(S(=O)(=O)NCCSc2ccccc2)cc1OCC. The average molecular weight is 382 g/mol. The van der Waals surface area contributed by atoms with Gasteiger partial charge in [-0.05, 0) is 38.1 Å². The minimum Gasteiger partial charge on any atom is -0.490 e. The van der Waals surface area contributed by atoms with Crippen molar-refractivity contribution in [3.8, 4) is 11.5 Å². The van der Waals surface area contributed by atoms with Crippen molar-refractivity contribution in [3.05, 3.63) is 48.5 Å². The summed E-state index contributed by atoms with van der Waals surface area (Å²) in [6, 6.07) is 14.5. The van der Waals surface area contributed by atoms with Gasteiger partial charge in [0.1, 0.15) is 0 Å². The molecule has 0 heterocycles. The number of rotatable bonds is 10. The van der Waals surface area contributed by atoms with E-state index in [1.807, 2.05) is 44.2 Å². The lowest BCUT2D eigenvalue weighted by Crippen LogP contribution is -2.26. The second-order valence-corrected chi connectivity index (χ2v) is 7.97. The summed E-state index contributed by atoms with van der Waals surface area (Å²) < 4.78 is 38.5. The van der Waals surface area contributed by atoms with Gasteiger partial charge in [0.15, 0.2) is 11.5 Å². The normalized spacial score (nSPS) is 11.3. The van der Waals surface area contributed by atoms with Gasteiger partial charge in [0.05, 0.1) is 18.1 Å². The Balaban J connectivity index is 1.99. The van der Waals surface area contributed by atoms with Gasteiger partial charge in [-0.2, -0.15) is 0 Å². The van der Waals surface area contributed by atoms with E-state index in [4.69, 9.17) is 9.47 Å². The Morgan fingerprint density at radius 3 is 2.32 bits per heavy atom. The highest BCUT2D eigenvalue weighted by atomic mass is 32.2. The summed E-state index contributed by atoms with van der Waals surface area (Å²) in [7, 11) is -3.59. The third-order valence-electron chi connectivity index (χ3n) is 3.23. The van der Waals surface area contributed by atoms with Crippen molar-refractivity contribution in [2.75, 3.05) is 25.5 Å². The van der Waals surface area contributed by atoms with Gasteiger partial charge in [0, 0.05) is 23.3 Å². The summed E-state index contributed by atoms with van der Waals surface area (Å²) in [5, 5.41) is 0. The van der Waals surface area contributed by atoms with Crippen molar-refractivity contribution >= 4 is 21.8 Å². The van der Waals surface area contributed by atoms with Crippen LogP contribution >= 0.6 is 11.8 Å². The van der Waals surface area contributed by atoms with Crippen LogP contribution in [0.5, 0.6) is 11.5 Å². The van der Waals surface area contributed by atoms with Crippen molar-refractivity contribution in [1.29, 1.82) is 0 Å². The van der Waals surface area contributed by atoms with Gasteiger partial charge in [0.2, 0.25) is 10.0 Å². The molecule has 0 saturated heterocycles. The molecule has 0 aliphatic carbocycles. The predicted molar refractivity (Wildman–Crippen MR) is 101 cm³/mol. The molecule has 0 saturated carbocycles. The molecule has 1 N–H and O–H groups in total. The zero-order valence-electron chi connectivity index (χ0n) is 14.4. The smallest absolute Gasteiger partial charge is 0.240 e. The van der Waals surface area contributed by atoms with E-state index < -0.39 is 10.0 Å². The third kappa shape index (κ3) is 5.95. The van der Waals surface area contributed by atoms with E-state index in [1.165, 1.54) is 12.1 Å². The maximum absolute atomic E-state index is 12.5. The van der Waals surface area contributed by atoms with Gasteiger partial charge in [-0.1, -0.05) is 18.2 Å². The molecule has 2 rings (SSSR count). The van der Waals surface area contributed by atoms with Gasteiger partial charge in [0.25, 0.3) is 0 Å². The van der Waals surface area contributed by atoms with E-state index >= 15 is 0 Å². The fraction of sp³-hybridized carbons (Fsp3) is 0.333. The molecule has 0 aromatic heterocycles. The summed E-state index contributed by atoms with van der Waals surface area (Å²) in [6.07, 6.45) is 0. The van der Waals surface area contributed by atoms with Crippen molar-refractivity contribution in [2.24, 2.45) is 0 Å². The van der Waals surface area contributed by atoms with Crippen molar-refractivity contribution in [1.82, 2.24) is 4.72 Å². The third-order valence-corrected chi connectivity index (χ3v) is 5.70. The van der Waals surface area contributed by atoms with Gasteiger partial charge < -0.3 is 9.47 Å². The number of nitrogens with one attached hydrogen (secondary N) is 1. The largest absolute Gasteiger partial charge is 0.490 e. The molecule has 0 aliphatic heterocycles. The van der Waals surface area contributed by atoms with Gasteiger partial charge in [-0.15, -0.1) is 11.8 Å². The first-order valence-electron chi connectivity index (χ1n) is 8.14. The number of thioether (sulfide) groups is 1. The van der Waals surface area contributed by atoms with Crippen LogP contribution in [-0.4, -0.2) is 33.9 Å². The van der Waals surface area contributed by atoms with Crippen LogP contribution < -0.4 is 14.2 Å². The molecule has 25 heavy (non-hydrogen) atoms. The van der Waals surface area contributed by atoms with E-state index in [0.717, 1.165) is 4.90 Å². The minimum absolute atomic E-state index is 0.170. The summed E-state index contributed by atoms with van der Waals surface area (Å²) in [4.78, 5) is 1.28. The van der Waals surface area contributed by atoms with Crippen molar-refractivity contribution < 1.29 is 17.9 Å². The first-order valence-corrected chi connectivity index (χ1v) is 10.6. The highest BCUT2D eigenvalue weighted by Gasteiger charge is 2.17. The second kappa shape index (κ2) is 9.70. The Morgan fingerprint density at radius 2 is 1.64 bits per heavy atom. The number of hydrogen-bond donors (Lipinski definition) is 1.